The highest BCUT2D eigenvalue weighted by Crippen LogP contribution is 2.29. The molecule has 0 saturated carbocycles. The van der Waals surface area contributed by atoms with Gasteiger partial charge in [0, 0.05) is 18.3 Å². The highest BCUT2D eigenvalue weighted by molar-refractivity contribution is 6.32. The van der Waals surface area contributed by atoms with Crippen LogP contribution in [0.5, 0.6) is 5.75 Å². The normalized spacial score (nSPS) is 19.9. The van der Waals surface area contributed by atoms with Crippen LogP contribution in [-0.4, -0.2) is 25.9 Å². The van der Waals surface area contributed by atoms with E-state index in [4.69, 9.17) is 16.3 Å². The Kier molecular flexibility index (Phi) is 4.60. The van der Waals surface area contributed by atoms with Crippen molar-refractivity contribution >= 4 is 17.3 Å². The summed E-state index contributed by atoms with van der Waals surface area (Å²) in [6.07, 6.45) is 2.03. The largest absolute Gasteiger partial charge is 0.433 e. The van der Waals surface area contributed by atoms with Gasteiger partial charge >= 0.3 is 6.61 Å². The van der Waals surface area contributed by atoms with E-state index in [1.165, 1.54) is 6.07 Å². The molecule has 1 aromatic rings. The van der Waals surface area contributed by atoms with Gasteiger partial charge in [-0.15, -0.1) is 0 Å². The van der Waals surface area contributed by atoms with E-state index in [0.717, 1.165) is 25.1 Å². The molecule has 0 aliphatic carbocycles. The fourth-order valence-electron chi connectivity index (χ4n) is 1.87. The summed E-state index contributed by atoms with van der Waals surface area (Å²) >= 11 is 5.86. The molecular weight excluding hydrogens is 264 g/mol. The predicted octanol–water partition coefficient (Wildman–Crippen LogP) is 3.53. The standard InChI is InChI=1S/C12H14ClF2NO2/c13-10-6-8(3-4-11(10)18-12(14)15)16-9-2-1-5-17-7-9/h3-4,6,9,12,16H,1-2,5,7H2. The van der Waals surface area contributed by atoms with Gasteiger partial charge in [0.2, 0.25) is 0 Å². The Labute approximate surface area is 109 Å². The molecule has 1 atom stereocenters. The Hall–Kier alpha value is -1.07. The minimum atomic E-state index is -2.87. The SMILES string of the molecule is FC(F)Oc1ccc(NC2CCCOC2)cc1Cl. The van der Waals surface area contributed by atoms with Crippen LogP contribution >= 0.6 is 11.6 Å². The Balaban J connectivity index is 1.99. The van der Waals surface area contributed by atoms with Crippen LogP contribution in [0, 0.1) is 0 Å². The summed E-state index contributed by atoms with van der Waals surface area (Å²) in [6, 6.07) is 4.91. The quantitative estimate of drug-likeness (QED) is 0.913. The predicted molar refractivity (Wildman–Crippen MR) is 65.5 cm³/mol. The second-order valence-corrected chi connectivity index (χ2v) is 4.49. The van der Waals surface area contributed by atoms with Crippen molar-refractivity contribution in [3.63, 3.8) is 0 Å². The van der Waals surface area contributed by atoms with Crippen molar-refractivity contribution in [2.45, 2.75) is 25.5 Å². The number of nitrogens with one attached hydrogen (secondary N) is 1. The van der Waals surface area contributed by atoms with Gasteiger partial charge in [0.05, 0.1) is 11.6 Å². The van der Waals surface area contributed by atoms with Crippen molar-refractivity contribution < 1.29 is 18.3 Å². The van der Waals surface area contributed by atoms with Gasteiger partial charge in [0.1, 0.15) is 5.75 Å². The average molecular weight is 278 g/mol. The summed E-state index contributed by atoms with van der Waals surface area (Å²) < 4.78 is 33.7. The molecule has 0 bridgehead atoms. The van der Waals surface area contributed by atoms with E-state index < -0.39 is 6.61 Å². The van der Waals surface area contributed by atoms with Crippen LogP contribution in [-0.2, 0) is 4.74 Å². The van der Waals surface area contributed by atoms with Crippen LogP contribution in [0.25, 0.3) is 0 Å². The molecule has 1 aromatic carbocycles. The lowest BCUT2D eigenvalue weighted by atomic mass is 10.1. The topological polar surface area (TPSA) is 30.5 Å². The van der Waals surface area contributed by atoms with E-state index in [1.54, 1.807) is 12.1 Å². The Morgan fingerprint density at radius 3 is 2.89 bits per heavy atom. The van der Waals surface area contributed by atoms with Gasteiger partial charge in [-0.2, -0.15) is 8.78 Å². The van der Waals surface area contributed by atoms with Crippen LogP contribution in [0.4, 0.5) is 14.5 Å². The Bertz CT molecular complexity index is 398. The minimum Gasteiger partial charge on any atom is -0.433 e. The summed E-state index contributed by atoms with van der Waals surface area (Å²) in [4.78, 5) is 0. The first-order valence-corrected chi connectivity index (χ1v) is 6.11. The molecule has 100 valence electrons. The maximum atomic E-state index is 12.1. The lowest BCUT2D eigenvalue weighted by Gasteiger charge is -2.24. The van der Waals surface area contributed by atoms with Crippen molar-refractivity contribution in [1.82, 2.24) is 0 Å². The van der Waals surface area contributed by atoms with Gasteiger partial charge in [0.25, 0.3) is 0 Å². The fourth-order valence-corrected chi connectivity index (χ4v) is 2.10. The van der Waals surface area contributed by atoms with Crippen molar-refractivity contribution in [2.75, 3.05) is 18.5 Å². The number of halogens is 3. The number of anilines is 1. The van der Waals surface area contributed by atoms with Crippen LogP contribution in [0.15, 0.2) is 18.2 Å². The second kappa shape index (κ2) is 6.20. The highest BCUT2D eigenvalue weighted by atomic mass is 35.5. The lowest BCUT2D eigenvalue weighted by Crippen LogP contribution is -2.29. The van der Waals surface area contributed by atoms with E-state index in [2.05, 4.69) is 10.1 Å². The van der Waals surface area contributed by atoms with Crippen molar-refractivity contribution in [2.24, 2.45) is 0 Å². The van der Waals surface area contributed by atoms with Crippen molar-refractivity contribution in [1.29, 1.82) is 0 Å². The van der Waals surface area contributed by atoms with Crippen molar-refractivity contribution in [3.05, 3.63) is 23.2 Å². The van der Waals surface area contributed by atoms with Crippen LogP contribution in [0.3, 0.4) is 0 Å². The third-order valence-electron chi connectivity index (χ3n) is 2.68. The van der Waals surface area contributed by atoms with Gasteiger partial charge in [-0.25, -0.2) is 0 Å². The molecule has 0 aromatic heterocycles. The Morgan fingerprint density at radius 1 is 1.44 bits per heavy atom. The minimum absolute atomic E-state index is 0.0166. The van der Waals surface area contributed by atoms with Gasteiger partial charge in [-0.05, 0) is 31.0 Å². The van der Waals surface area contributed by atoms with Gasteiger partial charge in [0.15, 0.2) is 0 Å². The van der Waals surface area contributed by atoms with E-state index in [9.17, 15) is 8.78 Å². The number of benzene rings is 1. The zero-order chi connectivity index (χ0) is 13.0. The fraction of sp³-hybridized carbons (Fsp3) is 0.500. The summed E-state index contributed by atoms with van der Waals surface area (Å²) in [5, 5.41) is 3.41. The molecule has 2 rings (SSSR count). The summed E-state index contributed by atoms with van der Waals surface area (Å²) in [7, 11) is 0. The monoisotopic (exact) mass is 277 g/mol. The first kappa shape index (κ1) is 13.4. The van der Waals surface area contributed by atoms with Crippen LogP contribution in [0.2, 0.25) is 5.02 Å². The van der Waals surface area contributed by atoms with Crippen molar-refractivity contribution in [3.8, 4) is 5.75 Å². The maximum Gasteiger partial charge on any atom is 0.387 e. The summed E-state index contributed by atoms with van der Waals surface area (Å²) in [6.45, 7) is -1.43. The second-order valence-electron chi connectivity index (χ2n) is 4.08. The molecule has 1 aliphatic rings. The molecule has 0 spiro atoms. The maximum absolute atomic E-state index is 12.1. The molecule has 18 heavy (non-hydrogen) atoms. The Morgan fingerprint density at radius 2 is 2.28 bits per heavy atom. The molecule has 0 amide bonds. The smallest absolute Gasteiger partial charge is 0.387 e. The molecule has 6 heteroatoms. The van der Waals surface area contributed by atoms with Crippen LogP contribution in [0.1, 0.15) is 12.8 Å². The molecule has 1 unspecified atom stereocenters. The number of alkyl halides is 2. The third kappa shape index (κ3) is 3.71. The number of hydrogen-bond donors (Lipinski definition) is 1. The van der Waals surface area contributed by atoms with E-state index in [-0.39, 0.29) is 16.8 Å². The molecule has 1 heterocycles. The molecular formula is C12H14ClF2NO2. The summed E-state index contributed by atoms with van der Waals surface area (Å²) in [5.74, 6) is -0.0166. The first-order chi connectivity index (χ1) is 8.65. The molecule has 1 saturated heterocycles. The zero-order valence-corrected chi connectivity index (χ0v) is 10.4. The third-order valence-corrected chi connectivity index (χ3v) is 2.97. The molecule has 1 fully saturated rings. The molecule has 1 aliphatic heterocycles. The van der Waals surface area contributed by atoms with E-state index >= 15 is 0 Å². The molecule has 3 nitrogen and oxygen atoms in total. The number of hydrogen-bond acceptors (Lipinski definition) is 3. The van der Waals surface area contributed by atoms with Gasteiger partial charge < -0.3 is 14.8 Å². The average Bonchev–Trinajstić information content (AvgIpc) is 2.33. The highest BCUT2D eigenvalue weighted by Gasteiger charge is 2.14. The zero-order valence-electron chi connectivity index (χ0n) is 9.67. The van der Waals surface area contributed by atoms with E-state index in [0.29, 0.717) is 6.61 Å². The number of ether oxygens (including phenoxy) is 2. The van der Waals surface area contributed by atoms with E-state index in [1.807, 2.05) is 0 Å². The summed E-state index contributed by atoms with van der Waals surface area (Å²) in [5.41, 5.74) is 0.775. The van der Waals surface area contributed by atoms with Gasteiger partial charge in [-0.3, -0.25) is 0 Å². The number of rotatable bonds is 4. The van der Waals surface area contributed by atoms with Crippen LogP contribution < -0.4 is 10.1 Å². The van der Waals surface area contributed by atoms with Gasteiger partial charge in [-0.1, -0.05) is 11.6 Å². The molecule has 1 N–H and O–H groups in total. The first-order valence-electron chi connectivity index (χ1n) is 5.74. The lowest BCUT2D eigenvalue weighted by molar-refractivity contribution is -0.0497. The molecule has 0 radical (unpaired) electrons.